The Balaban J connectivity index is 1.73. The number of hydrogen-bond donors (Lipinski definition) is 2. The number of nitrogens with one attached hydrogen (secondary N) is 1. The molecule has 0 amide bonds. The number of aromatic nitrogens is 2. The summed E-state index contributed by atoms with van der Waals surface area (Å²) in [6.45, 7) is 0.766. The van der Waals surface area contributed by atoms with Crippen molar-refractivity contribution in [2.24, 2.45) is 0 Å². The molecule has 2 aromatic rings. The summed E-state index contributed by atoms with van der Waals surface area (Å²) in [4.78, 5) is 14.9. The van der Waals surface area contributed by atoms with Gasteiger partial charge in [-0.15, -0.1) is 0 Å². The lowest BCUT2D eigenvalue weighted by Crippen LogP contribution is -2.25. The number of carboxylic acids is 1. The van der Waals surface area contributed by atoms with Crippen LogP contribution in [0.15, 0.2) is 35.5 Å². The third kappa shape index (κ3) is 2.75. The average molecular weight is 321 g/mol. The van der Waals surface area contributed by atoms with E-state index in [-0.39, 0.29) is 17.1 Å². The summed E-state index contributed by atoms with van der Waals surface area (Å²) in [5.41, 5.74) is 0.856. The molecule has 0 saturated carbocycles. The van der Waals surface area contributed by atoms with Gasteiger partial charge in [0.2, 0.25) is 0 Å². The van der Waals surface area contributed by atoms with Crippen molar-refractivity contribution in [1.82, 2.24) is 14.3 Å². The van der Waals surface area contributed by atoms with Crippen molar-refractivity contribution in [2.45, 2.75) is 31.0 Å². The average Bonchev–Trinajstić information content (AvgIpc) is 3.08. The number of aromatic carboxylic acids is 1. The molecule has 22 heavy (non-hydrogen) atoms. The van der Waals surface area contributed by atoms with E-state index in [1.165, 1.54) is 18.3 Å². The molecule has 1 aliphatic heterocycles. The maximum absolute atomic E-state index is 12.3. The molecule has 0 unspecified atom stereocenters. The van der Waals surface area contributed by atoms with Crippen molar-refractivity contribution in [2.75, 3.05) is 0 Å². The van der Waals surface area contributed by atoms with Gasteiger partial charge in [-0.3, -0.25) is 0 Å². The predicted octanol–water partition coefficient (Wildman–Crippen LogP) is 1.01. The van der Waals surface area contributed by atoms with Gasteiger partial charge in [0, 0.05) is 19.5 Å². The van der Waals surface area contributed by atoms with Crippen LogP contribution in [-0.4, -0.2) is 29.0 Å². The van der Waals surface area contributed by atoms with Gasteiger partial charge in [0.05, 0.1) is 11.8 Å². The highest BCUT2D eigenvalue weighted by Gasteiger charge is 2.24. The summed E-state index contributed by atoms with van der Waals surface area (Å²) in [5, 5.41) is 9.01. The molecule has 0 bridgehead atoms. The number of aryl methyl sites for hydroxylation is 1. The van der Waals surface area contributed by atoms with Gasteiger partial charge in [0.15, 0.2) is 5.03 Å². The lowest BCUT2D eigenvalue weighted by molar-refractivity contribution is 0.0697. The fourth-order valence-corrected chi connectivity index (χ4v) is 3.65. The number of carbonyl (C=O) groups is 1. The maximum Gasteiger partial charge on any atom is 0.335 e. The number of fused-ring (bicyclic) bond motifs is 1. The van der Waals surface area contributed by atoms with Gasteiger partial charge < -0.3 is 9.67 Å². The zero-order valence-electron chi connectivity index (χ0n) is 11.7. The minimum atomic E-state index is -3.63. The van der Waals surface area contributed by atoms with E-state index in [9.17, 15) is 13.2 Å². The highest BCUT2D eigenvalue weighted by atomic mass is 32.2. The van der Waals surface area contributed by atoms with Gasteiger partial charge in [-0.1, -0.05) is 12.1 Å². The number of carboxylic acid groups (broad SMARTS) is 1. The van der Waals surface area contributed by atoms with Crippen molar-refractivity contribution < 1.29 is 18.3 Å². The molecule has 1 aromatic heterocycles. The Hall–Kier alpha value is -2.19. The van der Waals surface area contributed by atoms with E-state index >= 15 is 0 Å². The van der Waals surface area contributed by atoms with Crippen LogP contribution < -0.4 is 4.72 Å². The molecule has 116 valence electrons. The maximum atomic E-state index is 12.3. The van der Waals surface area contributed by atoms with E-state index < -0.39 is 16.0 Å². The van der Waals surface area contributed by atoms with Crippen molar-refractivity contribution in [3.05, 3.63) is 47.4 Å². The quantitative estimate of drug-likeness (QED) is 0.855. The zero-order chi connectivity index (χ0) is 15.7. The van der Waals surface area contributed by atoms with Crippen LogP contribution in [0, 0.1) is 0 Å². The van der Waals surface area contributed by atoms with Crippen molar-refractivity contribution >= 4 is 16.0 Å². The van der Waals surface area contributed by atoms with Crippen LogP contribution in [0.4, 0.5) is 0 Å². The van der Waals surface area contributed by atoms with E-state index in [1.807, 2.05) is 0 Å². The second kappa shape index (κ2) is 5.54. The Bertz CT molecular complexity index is 809. The van der Waals surface area contributed by atoms with Gasteiger partial charge in [0.25, 0.3) is 10.0 Å². The van der Waals surface area contributed by atoms with Crippen LogP contribution in [0.1, 0.15) is 28.2 Å². The Morgan fingerprint density at radius 2 is 2.05 bits per heavy atom. The lowest BCUT2D eigenvalue weighted by Gasteiger charge is -2.08. The van der Waals surface area contributed by atoms with Crippen LogP contribution >= 0.6 is 0 Å². The molecule has 1 aromatic carbocycles. The van der Waals surface area contributed by atoms with E-state index in [2.05, 4.69) is 9.71 Å². The molecule has 0 atom stereocenters. The van der Waals surface area contributed by atoms with E-state index in [0.29, 0.717) is 12.1 Å². The Kier molecular flexibility index (Phi) is 3.71. The third-order valence-corrected chi connectivity index (χ3v) is 5.03. The third-order valence-electron chi connectivity index (χ3n) is 3.63. The van der Waals surface area contributed by atoms with Gasteiger partial charge in [0.1, 0.15) is 5.82 Å². The van der Waals surface area contributed by atoms with Crippen LogP contribution in [0.5, 0.6) is 0 Å². The van der Waals surface area contributed by atoms with Gasteiger partial charge in [-0.25, -0.2) is 22.9 Å². The van der Waals surface area contributed by atoms with Crippen molar-refractivity contribution in [3.63, 3.8) is 0 Å². The monoisotopic (exact) mass is 321 g/mol. The smallest absolute Gasteiger partial charge is 0.335 e. The highest BCUT2D eigenvalue weighted by Crippen LogP contribution is 2.19. The molecule has 2 N–H and O–H groups in total. The van der Waals surface area contributed by atoms with Gasteiger partial charge >= 0.3 is 5.97 Å². The molecule has 8 heteroatoms. The molecule has 1 aliphatic rings. The lowest BCUT2D eigenvalue weighted by atomic mass is 10.1. The van der Waals surface area contributed by atoms with Crippen LogP contribution in [0.2, 0.25) is 0 Å². The highest BCUT2D eigenvalue weighted by molar-refractivity contribution is 7.89. The summed E-state index contributed by atoms with van der Waals surface area (Å²) >= 11 is 0. The summed E-state index contributed by atoms with van der Waals surface area (Å²) in [5.74, 6) is -0.215. The fraction of sp³-hybridized carbons (Fsp3) is 0.286. The molecule has 0 fully saturated rings. The van der Waals surface area contributed by atoms with Crippen LogP contribution in [0.25, 0.3) is 0 Å². The van der Waals surface area contributed by atoms with Crippen LogP contribution in [0.3, 0.4) is 0 Å². The Morgan fingerprint density at radius 3 is 2.73 bits per heavy atom. The molecule has 7 nitrogen and oxygen atoms in total. The molecular formula is C14H15N3O4S. The summed E-state index contributed by atoms with van der Waals surface area (Å²) in [6, 6.07) is 6.07. The topological polar surface area (TPSA) is 101 Å². The number of benzene rings is 1. The number of imidazole rings is 1. The number of hydrogen-bond acceptors (Lipinski definition) is 4. The number of nitrogens with zero attached hydrogens (tertiary/aromatic N) is 2. The largest absolute Gasteiger partial charge is 0.478 e. The summed E-state index contributed by atoms with van der Waals surface area (Å²) in [7, 11) is -3.63. The first kappa shape index (κ1) is 14.7. The van der Waals surface area contributed by atoms with Gasteiger partial charge in [-0.2, -0.15) is 0 Å². The Labute approximate surface area is 127 Å². The molecule has 0 aliphatic carbocycles. The first-order chi connectivity index (χ1) is 10.5. The van der Waals surface area contributed by atoms with Gasteiger partial charge in [-0.05, 0) is 24.1 Å². The summed E-state index contributed by atoms with van der Waals surface area (Å²) < 4.78 is 28.9. The molecule has 0 saturated heterocycles. The number of rotatable bonds is 5. The predicted molar refractivity (Wildman–Crippen MR) is 78.0 cm³/mol. The number of sulfonamides is 1. The van der Waals surface area contributed by atoms with Crippen molar-refractivity contribution in [1.29, 1.82) is 0 Å². The molecule has 3 rings (SSSR count). The second-order valence-electron chi connectivity index (χ2n) is 5.09. The standard InChI is InChI=1S/C14H15N3O4S/c18-14(19)11-5-3-10(4-6-11)8-16-22(20,21)13-9-15-12-2-1-7-17(12)13/h3-6,9,16H,1-2,7-8H2,(H,18,19). The second-order valence-corrected chi connectivity index (χ2v) is 6.81. The first-order valence-electron chi connectivity index (χ1n) is 6.84. The Morgan fingerprint density at radius 1 is 1.32 bits per heavy atom. The molecular weight excluding hydrogens is 306 g/mol. The molecule has 2 heterocycles. The van der Waals surface area contributed by atoms with E-state index in [0.717, 1.165) is 18.7 Å². The normalized spacial score (nSPS) is 14.0. The van der Waals surface area contributed by atoms with Crippen molar-refractivity contribution in [3.8, 4) is 0 Å². The van der Waals surface area contributed by atoms with E-state index in [4.69, 9.17) is 5.11 Å². The molecule has 0 spiro atoms. The van der Waals surface area contributed by atoms with E-state index in [1.54, 1.807) is 16.7 Å². The minimum Gasteiger partial charge on any atom is -0.478 e. The summed E-state index contributed by atoms with van der Waals surface area (Å²) in [6.07, 6.45) is 3.08. The molecule has 0 radical (unpaired) electrons. The zero-order valence-corrected chi connectivity index (χ0v) is 12.5. The SMILES string of the molecule is O=C(O)c1ccc(CNS(=O)(=O)c2cnc3n2CCC3)cc1. The first-order valence-corrected chi connectivity index (χ1v) is 8.32. The minimum absolute atomic E-state index is 0.0999. The fourth-order valence-electron chi connectivity index (χ4n) is 2.46. The van der Waals surface area contributed by atoms with Crippen LogP contribution in [-0.2, 0) is 29.5 Å².